The van der Waals surface area contributed by atoms with Crippen LogP contribution < -0.4 is 10.1 Å². The van der Waals surface area contributed by atoms with E-state index in [1.54, 1.807) is 0 Å². The van der Waals surface area contributed by atoms with Crippen LogP contribution in [0.1, 0.15) is 52.1 Å². The Balaban J connectivity index is 1.55. The Morgan fingerprint density at radius 3 is 2.72 bits per heavy atom. The van der Waals surface area contributed by atoms with Gasteiger partial charge in [0.05, 0.1) is 17.5 Å². The fourth-order valence-electron chi connectivity index (χ4n) is 4.04. The highest BCUT2D eigenvalue weighted by atomic mass is 16.5. The maximum atomic E-state index is 11.6. The summed E-state index contributed by atoms with van der Waals surface area (Å²) in [6.07, 6.45) is 6.75. The van der Waals surface area contributed by atoms with Gasteiger partial charge < -0.3 is 14.6 Å². The molecule has 2 aliphatic rings. The molecular weight excluding hydrogens is 366 g/mol. The molecule has 0 unspecified atom stereocenters. The molecule has 2 fully saturated rings. The molecule has 3 heterocycles. The van der Waals surface area contributed by atoms with Crippen molar-refractivity contribution in [1.82, 2.24) is 24.6 Å². The standard InChI is InChI=1S/C22H27N5O2/c1-13(2)27-7-6-18(25-27)15-8-19-22(26(12-24-19)17-4-5-17)20(9-15)29-14(3)16-10-21(28)23-11-16/h6-9,12-14,16-17H,4-5,10-11H2,1-3H3,(H,23,28)/t14-,16-/m1/s1. The van der Waals surface area contributed by atoms with E-state index in [0.29, 0.717) is 25.0 Å². The predicted octanol–water partition coefficient (Wildman–Crippen LogP) is 3.72. The number of benzene rings is 1. The molecule has 3 aromatic rings. The minimum atomic E-state index is -0.0665. The van der Waals surface area contributed by atoms with Gasteiger partial charge in [-0.25, -0.2) is 4.98 Å². The van der Waals surface area contributed by atoms with Gasteiger partial charge in [-0.2, -0.15) is 5.10 Å². The van der Waals surface area contributed by atoms with Gasteiger partial charge in [0.25, 0.3) is 0 Å². The average molecular weight is 393 g/mol. The number of nitrogens with one attached hydrogen (secondary N) is 1. The molecule has 7 nitrogen and oxygen atoms in total. The van der Waals surface area contributed by atoms with Crippen LogP contribution in [0.5, 0.6) is 5.75 Å². The number of fused-ring (bicyclic) bond motifs is 1. The Bertz CT molecular complexity index is 1060. The van der Waals surface area contributed by atoms with Crippen LogP contribution in [0.15, 0.2) is 30.7 Å². The Morgan fingerprint density at radius 2 is 2.07 bits per heavy atom. The number of carbonyl (C=O) groups is 1. The summed E-state index contributed by atoms with van der Waals surface area (Å²) in [5.41, 5.74) is 3.89. The lowest BCUT2D eigenvalue weighted by Gasteiger charge is -2.21. The number of aromatic nitrogens is 4. The van der Waals surface area contributed by atoms with Gasteiger partial charge in [-0.3, -0.25) is 9.48 Å². The highest BCUT2D eigenvalue weighted by molar-refractivity contribution is 5.87. The maximum Gasteiger partial charge on any atom is 0.220 e. The van der Waals surface area contributed by atoms with Crippen molar-refractivity contribution in [2.45, 2.75) is 58.2 Å². The molecule has 0 bridgehead atoms. The minimum Gasteiger partial charge on any atom is -0.488 e. The normalized spacial score (nSPS) is 20.4. The second-order valence-electron chi connectivity index (χ2n) is 8.59. The number of carbonyl (C=O) groups excluding carboxylic acids is 1. The molecule has 29 heavy (non-hydrogen) atoms. The number of imidazole rings is 1. The Kier molecular flexibility index (Phi) is 4.33. The summed E-state index contributed by atoms with van der Waals surface area (Å²) in [5.74, 6) is 1.11. The highest BCUT2D eigenvalue weighted by Gasteiger charge is 2.30. The summed E-state index contributed by atoms with van der Waals surface area (Å²) >= 11 is 0. The number of rotatable bonds is 6. The van der Waals surface area contributed by atoms with Gasteiger partial charge in [0.2, 0.25) is 5.91 Å². The minimum absolute atomic E-state index is 0.0665. The van der Waals surface area contributed by atoms with E-state index in [2.05, 4.69) is 47.8 Å². The molecule has 5 rings (SSSR count). The van der Waals surface area contributed by atoms with Gasteiger partial charge in [0.1, 0.15) is 17.4 Å². The summed E-state index contributed by atoms with van der Waals surface area (Å²) in [4.78, 5) is 16.3. The smallest absolute Gasteiger partial charge is 0.220 e. The monoisotopic (exact) mass is 393 g/mol. The first-order valence-corrected chi connectivity index (χ1v) is 10.5. The van der Waals surface area contributed by atoms with Gasteiger partial charge in [-0.15, -0.1) is 0 Å². The quantitative estimate of drug-likeness (QED) is 0.693. The zero-order chi connectivity index (χ0) is 20.1. The van der Waals surface area contributed by atoms with Crippen LogP contribution in [0.3, 0.4) is 0 Å². The second kappa shape index (κ2) is 6.90. The third-order valence-corrected chi connectivity index (χ3v) is 5.99. The maximum absolute atomic E-state index is 11.6. The summed E-state index contributed by atoms with van der Waals surface area (Å²) in [6, 6.07) is 7.03. The molecule has 0 radical (unpaired) electrons. The lowest BCUT2D eigenvalue weighted by molar-refractivity contribution is -0.119. The van der Waals surface area contributed by atoms with Crippen molar-refractivity contribution in [3.8, 4) is 17.0 Å². The number of ether oxygens (including phenoxy) is 1. The van der Waals surface area contributed by atoms with Crippen LogP contribution in [0.25, 0.3) is 22.3 Å². The van der Waals surface area contributed by atoms with Crippen LogP contribution >= 0.6 is 0 Å². The topological polar surface area (TPSA) is 74.0 Å². The molecule has 7 heteroatoms. The van der Waals surface area contributed by atoms with Crippen LogP contribution in [0.2, 0.25) is 0 Å². The molecule has 0 spiro atoms. The van der Waals surface area contributed by atoms with Gasteiger partial charge >= 0.3 is 0 Å². The third-order valence-electron chi connectivity index (χ3n) is 5.99. The van der Waals surface area contributed by atoms with Crippen molar-refractivity contribution in [1.29, 1.82) is 0 Å². The molecule has 1 N–H and O–H groups in total. The largest absolute Gasteiger partial charge is 0.488 e. The van der Waals surface area contributed by atoms with E-state index in [4.69, 9.17) is 9.84 Å². The predicted molar refractivity (Wildman–Crippen MR) is 111 cm³/mol. The number of nitrogens with zero attached hydrogens (tertiary/aromatic N) is 4. The van der Waals surface area contributed by atoms with Gasteiger partial charge in [-0.1, -0.05) is 0 Å². The SMILES string of the molecule is CC(C)n1ccc(-c2cc(O[C@H](C)[C@H]3CNC(=O)C3)c3c(c2)ncn3C2CC2)n1. The molecule has 2 atom stereocenters. The van der Waals surface area contributed by atoms with Crippen molar-refractivity contribution in [3.63, 3.8) is 0 Å². The van der Waals surface area contributed by atoms with E-state index in [1.807, 2.05) is 23.3 Å². The molecule has 1 aliphatic heterocycles. The number of amides is 1. The Hall–Kier alpha value is -2.83. The molecule has 1 saturated heterocycles. The first kappa shape index (κ1) is 18.2. The van der Waals surface area contributed by atoms with Crippen molar-refractivity contribution in [2.75, 3.05) is 6.54 Å². The fraction of sp³-hybridized carbons (Fsp3) is 0.500. The number of hydrogen-bond donors (Lipinski definition) is 1. The zero-order valence-corrected chi connectivity index (χ0v) is 17.1. The van der Waals surface area contributed by atoms with Crippen LogP contribution in [-0.4, -0.2) is 37.9 Å². The first-order chi connectivity index (χ1) is 14.0. The summed E-state index contributed by atoms with van der Waals surface area (Å²) in [7, 11) is 0. The molecule has 1 saturated carbocycles. The third kappa shape index (κ3) is 3.39. The lowest BCUT2D eigenvalue weighted by Crippen LogP contribution is -2.25. The van der Waals surface area contributed by atoms with Gasteiger partial charge in [0.15, 0.2) is 0 Å². The Labute approximate surface area is 170 Å². The van der Waals surface area contributed by atoms with Gasteiger partial charge in [-0.05, 0) is 51.8 Å². The Morgan fingerprint density at radius 1 is 1.24 bits per heavy atom. The first-order valence-electron chi connectivity index (χ1n) is 10.5. The summed E-state index contributed by atoms with van der Waals surface area (Å²) < 4.78 is 10.7. The van der Waals surface area contributed by atoms with E-state index in [1.165, 1.54) is 12.8 Å². The molecule has 2 aromatic heterocycles. The zero-order valence-electron chi connectivity index (χ0n) is 17.1. The molecule has 1 aliphatic carbocycles. The van der Waals surface area contributed by atoms with E-state index in [0.717, 1.165) is 28.0 Å². The van der Waals surface area contributed by atoms with Crippen molar-refractivity contribution in [3.05, 3.63) is 30.7 Å². The van der Waals surface area contributed by atoms with Crippen LogP contribution in [-0.2, 0) is 4.79 Å². The fourth-order valence-corrected chi connectivity index (χ4v) is 4.04. The van der Waals surface area contributed by atoms with E-state index < -0.39 is 0 Å². The molecule has 152 valence electrons. The average Bonchev–Trinajstić information content (AvgIpc) is 3.10. The highest BCUT2D eigenvalue weighted by Crippen LogP contribution is 2.41. The van der Waals surface area contributed by atoms with Gasteiger partial charge in [0, 0.05) is 42.7 Å². The lowest BCUT2D eigenvalue weighted by atomic mass is 10.0. The summed E-state index contributed by atoms with van der Waals surface area (Å²) in [5, 5.41) is 7.63. The van der Waals surface area contributed by atoms with Crippen LogP contribution in [0, 0.1) is 5.92 Å². The van der Waals surface area contributed by atoms with E-state index in [9.17, 15) is 4.79 Å². The van der Waals surface area contributed by atoms with Crippen molar-refractivity contribution >= 4 is 16.9 Å². The second-order valence-corrected chi connectivity index (χ2v) is 8.59. The molecule has 1 amide bonds. The van der Waals surface area contributed by atoms with E-state index in [-0.39, 0.29) is 17.9 Å². The van der Waals surface area contributed by atoms with Crippen molar-refractivity contribution in [2.24, 2.45) is 5.92 Å². The molecule has 1 aromatic carbocycles. The summed E-state index contributed by atoms with van der Waals surface area (Å²) in [6.45, 7) is 6.95. The van der Waals surface area contributed by atoms with E-state index >= 15 is 0 Å². The van der Waals surface area contributed by atoms with Crippen molar-refractivity contribution < 1.29 is 9.53 Å². The molecular formula is C22H27N5O2. The number of hydrogen-bond acceptors (Lipinski definition) is 4. The van der Waals surface area contributed by atoms with Crippen LogP contribution in [0.4, 0.5) is 0 Å².